The van der Waals surface area contributed by atoms with Gasteiger partial charge in [0.1, 0.15) is 16.8 Å². The number of nitrogen functional groups attached to an aromatic ring is 1. The van der Waals surface area contributed by atoms with Crippen molar-refractivity contribution in [2.24, 2.45) is 0 Å². The summed E-state index contributed by atoms with van der Waals surface area (Å²) in [5.74, 6) is -1.13. The summed E-state index contributed by atoms with van der Waals surface area (Å²) in [6.45, 7) is 1.00. The number of nitrogens with two attached hydrogens (primary N) is 1. The van der Waals surface area contributed by atoms with Crippen LogP contribution >= 0.6 is 0 Å². The normalized spacial score (nSPS) is 21.2. The van der Waals surface area contributed by atoms with Crippen LogP contribution in [0.25, 0.3) is 0 Å². The second-order valence-corrected chi connectivity index (χ2v) is 5.95. The molecule has 1 aromatic rings. The first-order valence-electron chi connectivity index (χ1n) is 5.39. The summed E-state index contributed by atoms with van der Waals surface area (Å²) in [7, 11) is -3.96. The van der Waals surface area contributed by atoms with E-state index in [-0.39, 0.29) is 10.7 Å². The lowest BCUT2D eigenvalue weighted by atomic mass is 10.2. The van der Waals surface area contributed by atoms with Crippen molar-refractivity contribution in [1.82, 2.24) is 14.6 Å². The topological polar surface area (TPSA) is 122 Å². The van der Waals surface area contributed by atoms with Gasteiger partial charge in [0.15, 0.2) is 0 Å². The molecular weight excluding hydrogens is 272 g/mol. The van der Waals surface area contributed by atoms with E-state index < -0.39 is 34.4 Å². The van der Waals surface area contributed by atoms with Gasteiger partial charge < -0.3 is 5.73 Å². The number of amides is 2. The van der Waals surface area contributed by atoms with Crippen LogP contribution in [0.15, 0.2) is 23.2 Å². The predicted octanol–water partition coefficient (Wildman–Crippen LogP) is -1.30. The summed E-state index contributed by atoms with van der Waals surface area (Å²) in [5, 5.41) is 2.07. The Morgan fingerprint density at radius 1 is 1.42 bits per heavy atom. The van der Waals surface area contributed by atoms with E-state index in [2.05, 4.69) is 10.3 Å². The molecule has 2 heterocycles. The van der Waals surface area contributed by atoms with Crippen molar-refractivity contribution >= 4 is 27.7 Å². The molecule has 1 aliphatic heterocycles. The maximum Gasteiger partial charge on any atom is 0.245 e. The van der Waals surface area contributed by atoms with E-state index in [1.807, 2.05) is 0 Å². The molecule has 19 heavy (non-hydrogen) atoms. The monoisotopic (exact) mass is 284 g/mol. The zero-order valence-electron chi connectivity index (χ0n) is 10.0. The molecule has 0 aromatic carbocycles. The van der Waals surface area contributed by atoms with Gasteiger partial charge in [-0.1, -0.05) is 0 Å². The molecule has 1 aromatic heterocycles. The van der Waals surface area contributed by atoms with Gasteiger partial charge in [-0.3, -0.25) is 14.9 Å². The summed E-state index contributed by atoms with van der Waals surface area (Å²) in [6.07, 6.45) is 1.09. The smallest absolute Gasteiger partial charge is 0.245 e. The number of piperazine rings is 1. The van der Waals surface area contributed by atoms with Gasteiger partial charge >= 0.3 is 0 Å². The molecule has 1 saturated heterocycles. The van der Waals surface area contributed by atoms with Crippen molar-refractivity contribution in [2.75, 3.05) is 12.3 Å². The number of nitrogens with zero attached hydrogens (tertiary/aromatic N) is 2. The van der Waals surface area contributed by atoms with Gasteiger partial charge in [-0.25, -0.2) is 13.4 Å². The third kappa shape index (κ3) is 2.42. The molecule has 1 fully saturated rings. The Morgan fingerprint density at radius 2 is 2.11 bits per heavy atom. The first kappa shape index (κ1) is 13.4. The number of carbonyl (C=O) groups excluding carboxylic acids is 2. The molecule has 9 heteroatoms. The molecule has 1 aliphatic rings. The van der Waals surface area contributed by atoms with Gasteiger partial charge in [-0.15, -0.1) is 0 Å². The minimum absolute atomic E-state index is 0.115. The lowest BCUT2D eigenvalue weighted by Crippen LogP contribution is -2.58. The van der Waals surface area contributed by atoms with Crippen LogP contribution in [-0.4, -0.2) is 42.1 Å². The zero-order chi connectivity index (χ0) is 14.2. The van der Waals surface area contributed by atoms with Crippen LogP contribution in [0.4, 0.5) is 5.82 Å². The van der Waals surface area contributed by atoms with Crippen LogP contribution in [-0.2, 0) is 19.6 Å². The maximum absolute atomic E-state index is 12.3. The minimum atomic E-state index is -3.96. The number of imide groups is 1. The highest BCUT2D eigenvalue weighted by Crippen LogP contribution is 2.19. The molecule has 1 unspecified atom stereocenters. The molecule has 0 aliphatic carbocycles. The average Bonchev–Trinajstić information content (AvgIpc) is 2.34. The number of nitrogens with one attached hydrogen (secondary N) is 1. The molecule has 2 rings (SSSR count). The number of carbonyl (C=O) groups is 2. The molecule has 0 spiro atoms. The molecule has 0 radical (unpaired) electrons. The summed E-state index contributed by atoms with van der Waals surface area (Å²) in [5.41, 5.74) is 5.38. The van der Waals surface area contributed by atoms with Crippen LogP contribution in [0.3, 0.4) is 0 Å². The lowest BCUT2D eigenvalue weighted by molar-refractivity contribution is -0.136. The predicted molar refractivity (Wildman–Crippen MR) is 65.2 cm³/mol. The van der Waals surface area contributed by atoms with Crippen molar-refractivity contribution < 1.29 is 18.0 Å². The van der Waals surface area contributed by atoms with E-state index in [0.717, 1.165) is 10.5 Å². The number of hydrogen-bond acceptors (Lipinski definition) is 6. The van der Waals surface area contributed by atoms with Gasteiger partial charge in [0.05, 0.1) is 6.54 Å². The van der Waals surface area contributed by atoms with Crippen LogP contribution in [0.2, 0.25) is 0 Å². The molecule has 8 nitrogen and oxygen atoms in total. The number of aromatic nitrogens is 1. The third-order valence-corrected chi connectivity index (χ3v) is 4.64. The van der Waals surface area contributed by atoms with E-state index in [1.165, 1.54) is 19.1 Å². The van der Waals surface area contributed by atoms with Crippen molar-refractivity contribution in [1.29, 1.82) is 0 Å². The van der Waals surface area contributed by atoms with Crippen molar-refractivity contribution in [3.63, 3.8) is 0 Å². The molecule has 3 N–H and O–H groups in total. The molecule has 1 atom stereocenters. The lowest BCUT2D eigenvalue weighted by Gasteiger charge is -2.30. The zero-order valence-corrected chi connectivity index (χ0v) is 10.8. The highest BCUT2D eigenvalue weighted by molar-refractivity contribution is 7.89. The third-order valence-electron chi connectivity index (χ3n) is 2.74. The van der Waals surface area contributed by atoms with Crippen molar-refractivity contribution in [3.05, 3.63) is 18.3 Å². The fraction of sp³-hybridized carbons (Fsp3) is 0.300. The van der Waals surface area contributed by atoms with Gasteiger partial charge in [0.2, 0.25) is 21.8 Å². The summed E-state index contributed by atoms with van der Waals surface area (Å²) >= 11 is 0. The van der Waals surface area contributed by atoms with Crippen LogP contribution in [0.5, 0.6) is 0 Å². The van der Waals surface area contributed by atoms with Gasteiger partial charge in [0, 0.05) is 6.20 Å². The molecular formula is C10H12N4O4S. The molecule has 0 bridgehead atoms. The van der Waals surface area contributed by atoms with Crippen LogP contribution < -0.4 is 11.1 Å². The van der Waals surface area contributed by atoms with E-state index in [9.17, 15) is 18.0 Å². The van der Waals surface area contributed by atoms with Crippen LogP contribution in [0.1, 0.15) is 6.92 Å². The molecule has 102 valence electrons. The van der Waals surface area contributed by atoms with E-state index in [0.29, 0.717) is 0 Å². The Kier molecular flexibility index (Phi) is 3.25. The Morgan fingerprint density at radius 3 is 2.68 bits per heavy atom. The van der Waals surface area contributed by atoms with E-state index in [1.54, 1.807) is 0 Å². The van der Waals surface area contributed by atoms with Gasteiger partial charge in [-0.05, 0) is 19.1 Å². The minimum Gasteiger partial charge on any atom is -0.384 e. The van der Waals surface area contributed by atoms with Gasteiger partial charge in [0.25, 0.3) is 0 Å². The first-order chi connectivity index (χ1) is 8.82. The quantitative estimate of drug-likeness (QED) is 0.651. The van der Waals surface area contributed by atoms with E-state index >= 15 is 0 Å². The largest absolute Gasteiger partial charge is 0.384 e. The Bertz CT molecular complexity index is 625. The fourth-order valence-electron chi connectivity index (χ4n) is 1.66. The second kappa shape index (κ2) is 4.59. The SMILES string of the molecule is CC1C(=O)NC(=O)CN1S(=O)(=O)c1ccc(N)nc1. The Labute approximate surface area is 109 Å². The number of anilines is 1. The number of sulfonamides is 1. The highest BCUT2D eigenvalue weighted by atomic mass is 32.2. The van der Waals surface area contributed by atoms with Crippen molar-refractivity contribution in [3.8, 4) is 0 Å². The number of rotatable bonds is 2. The molecule has 0 saturated carbocycles. The summed E-state index contributed by atoms with van der Waals surface area (Å²) < 4.78 is 25.5. The van der Waals surface area contributed by atoms with Crippen LogP contribution in [0, 0.1) is 0 Å². The first-order valence-corrected chi connectivity index (χ1v) is 6.83. The summed E-state index contributed by atoms with van der Waals surface area (Å²) in [4.78, 5) is 26.3. The average molecular weight is 284 g/mol. The van der Waals surface area contributed by atoms with E-state index in [4.69, 9.17) is 5.73 Å². The highest BCUT2D eigenvalue weighted by Gasteiger charge is 2.38. The Balaban J connectivity index is 2.41. The second-order valence-electron chi connectivity index (χ2n) is 4.06. The van der Waals surface area contributed by atoms with Gasteiger partial charge in [-0.2, -0.15) is 4.31 Å². The van der Waals surface area contributed by atoms with Crippen molar-refractivity contribution in [2.45, 2.75) is 17.9 Å². The Hall–Kier alpha value is -2.00. The number of hydrogen-bond donors (Lipinski definition) is 2. The number of pyridine rings is 1. The molecule has 2 amide bonds. The summed E-state index contributed by atoms with van der Waals surface area (Å²) in [6, 6.07) is 1.66. The standard InChI is InChI=1S/C10H12N4O4S/c1-6-10(16)13-9(15)5-14(6)19(17,18)7-2-3-8(11)12-4-7/h2-4,6H,5H2,1H3,(H2,11,12)(H,13,15,16). The fourth-order valence-corrected chi connectivity index (χ4v) is 3.16. The maximum atomic E-state index is 12.3.